The standard InChI is InChI=1S/C52H59BN2.C52H61ClN2/c1-49(2,3)36-13-19-40(20-14-36)54-44-23-17-38(51(7,8)9)28-42(44)53-43-29-39(52-30-33-25-34(31-52)27-35(26-33)32-52)18-24-45(43)55(47-12-10-11-46(54)48(47)53)41-21-15-37(16-22-41)50(4,5)6;1-49(2,3)38-13-21-42(22-14-38)54(43-23-15-39(16-24-43)50(4,5)6)46-11-10-12-47(48(46)53)55(44-25-17-40(18-26-44)51(7,8)9)45-27-19-41(20-28-45)52-32-35-29-36(33-52)31-37(30-35)34-52/h10-24,28-29,33-35H,25-27,30-32H2,1-9H3;10-28,35-37H,29-34H2,1-9H3. The van der Waals surface area contributed by atoms with Crippen molar-refractivity contribution >= 4 is 103 Å². The molecule has 566 valence electrons. The molecule has 2 heterocycles. The van der Waals surface area contributed by atoms with E-state index in [2.05, 4.69) is 363 Å². The predicted molar refractivity (Wildman–Crippen MR) is 473 cm³/mol. The van der Waals surface area contributed by atoms with Crippen LogP contribution in [0.3, 0.4) is 0 Å². The number of hydrogen-bond donors (Lipinski definition) is 0. The van der Waals surface area contributed by atoms with Crippen LogP contribution in [0.4, 0.5) is 68.2 Å². The first-order valence-electron chi connectivity index (χ1n) is 42.1. The molecule has 0 aromatic heterocycles. The molecule has 0 saturated heterocycles. The summed E-state index contributed by atoms with van der Waals surface area (Å²) in [5.41, 5.74) is 30.6. The summed E-state index contributed by atoms with van der Waals surface area (Å²) >= 11 is 7.77. The van der Waals surface area contributed by atoms with E-state index in [4.69, 9.17) is 11.6 Å². The normalized spacial score (nSPS) is 23.0. The molecule has 10 aliphatic rings. The van der Waals surface area contributed by atoms with Crippen LogP contribution >= 0.6 is 11.6 Å². The molecule has 8 aliphatic carbocycles. The van der Waals surface area contributed by atoms with Crippen molar-refractivity contribution in [3.05, 3.63) is 268 Å². The van der Waals surface area contributed by atoms with E-state index in [-0.39, 0.29) is 39.2 Å². The van der Waals surface area contributed by atoms with Crippen molar-refractivity contribution in [2.45, 2.75) is 245 Å². The van der Waals surface area contributed by atoms with Gasteiger partial charge in [0.1, 0.15) is 0 Å². The van der Waals surface area contributed by atoms with Gasteiger partial charge in [0.25, 0.3) is 6.71 Å². The van der Waals surface area contributed by atoms with E-state index in [1.165, 1.54) is 161 Å². The van der Waals surface area contributed by atoms with Gasteiger partial charge >= 0.3 is 0 Å². The fourth-order valence-electron chi connectivity index (χ4n) is 22.4. The Balaban J connectivity index is 0.000000160. The second kappa shape index (κ2) is 27.0. The summed E-state index contributed by atoms with van der Waals surface area (Å²) in [5, 5.41) is 0.715. The zero-order chi connectivity index (χ0) is 77.1. The van der Waals surface area contributed by atoms with Gasteiger partial charge in [-0.15, -0.1) is 0 Å². The monoisotopic (exact) mass is 1470 g/mol. The summed E-state index contributed by atoms with van der Waals surface area (Å²) in [5.74, 6) is 5.49. The molecular weight excluding hydrogens is 1350 g/mol. The van der Waals surface area contributed by atoms with Gasteiger partial charge < -0.3 is 19.6 Å². The number of hydrogen-bond acceptors (Lipinski definition) is 4. The molecule has 0 spiro atoms. The van der Waals surface area contributed by atoms with Crippen LogP contribution < -0.4 is 36.0 Å². The fraction of sp³-hybridized carbons (Fsp3) is 0.423. The highest BCUT2D eigenvalue weighted by molar-refractivity contribution is 7.00. The molecule has 0 amide bonds. The Hall–Kier alpha value is -8.25. The minimum absolute atomic E-state index is 0.0351. The van der Waals surface area contributed by atoms with E-state index in [0.717, 1.165) is 69.6 Å². The Kier molecular flexibility index (Phi) is 18.3. The zero-order valence-corrected chi connectivity index (χ0v) is 70.2. The molecule has 0 N–H and O–H groups in total. The summed E-state index contributed by atoms with van der Waals surface area (Å²) in [7, 11) is 0. The van der Waals surface area contributed by atoms with Crippen LogP contribution in [-0.4, -0.2) is 6.71 Å². The molecule has 4 nitrogen and oxygen atoms in total. The summed E-state index contributed by atoms with van der Waals surface area (Å²) in [6.07, 6.45) is 17.0. The van der Waals surface area contributed by atoms with Gasteiger partial charge in [-0.3, -0.25) is 0 Å². The van der Waals surface area contributed by atoms with Crippen LogP contribution in [0.5, 0.6) is 0 Å². The molecule has 10 aromatic carbocycles. The molecule has 0 atom stereocenters. The Bertz CT molecular complexity index is 4940. The minimum atomic E-state index is 0.0351. The fourth-order valence-corrected chi connectivity index (χ4v) is 22.7. The van der Waals surface area contributed by atoms with Gasteiger partial charge in [0, 0.05) is 56.9 Å². The van der Waals surface area contributed by atoms with Gasteiger partial charge in [0.2, 0.25) is 0 Å². The lowest BCUT2D eigenvalue weighted by Crippen LogP contribution is -2.62. The summed E-state index contributed by atoms with van der Waals surface area (Å²) in [6, 6.07) is 84.4. The van der Waals surface area contributed by atoms with Crippen LogP contribution in [0.2, 0.25) is 5.02 Å². The van der Waals surface area contributed by atoms with Gasteiger partial charge in [0.15, 0.2) is 0 Å². The van der Waals surface area contributed by atoms with Crippen molar-refractivity contribution in [2.24, 2.45) is 35.5 Å². The first-order chi connectivity index (χ1) is 52.1. The van der Waals surface area contributed by atoms with Crippen molar-refractivity contribution in [2.75, 3.05) is 19.6 Å². The van der Waals surface area contributed by atoms with E-state index in [0.29, 0.717) is 15.9 Å². The average Bonchev–Trinajstić information content (AvgIpc) is 0.689. The van der Waals surface area contributed by atoms with Crippen molar-refractivity contribution < 1.29 is 0 Å². The maximum Gasteiger partial charge on any atom is 0.252 e. The highest BCUT2D eigenvalue weighted by Gasteiger charge is 2.54. The molecule has 110 heavy (non-hydrogen) atoms. The van der Waals surface area contributed by atoms with Gasteiger partial charge in [-0.25, -0.2) is 0 Å². The lowest BCUT2D eigenvalue weighted by atomic mass is 9.33. The second-order valence-corrected chi connectivity index (χ2v) is 42.2. The lowest BCUT2D eigenvalue weighted by molar-refractivity contribution is -0.00528. The highest BCUT2D eigenvalue weighted by atomic mass is 35.5. The molecule has 8 bridgehead atoms. The van der Waals surface area contributed by atoms with Crippen LogP contribution in [0.1, 0.15) is 246 Å². The molecule has 6 heteroatoms. The van der Waals surface area contributed by atoms with Gasteiger partial charge in [0.05, 0.1) is 16.4 Å². The third kappa shape index (κ3) is 13.6. The first-order valence-corrected chi connectivity index (χ1v) is 42.5. The van der Waals surface area contributed by atoms with E-state index in [9.17, 15) is 0 Å². The molecule has 10 aromatic rings. The molecular formula is C104H120BClN4. The zero-order valence-electron chi connectivity index (χ0n) is 69.5. The van der Waals surface area contributed by atoms with E-state index in [1.54, 1.807) is 11.1 Å². The smallest absolute Gasteiger partial charge is 0.252 e. The van der Waals surface area contributed by atoms with Gasteiger partial charge in [-0.1, -0.05) is 245 Å². The quantitative estimate of drug-likeness (QED) is 0.127. The topological polar surface area (TPSA) is 13.0 Å². The molecule has 8 fully saturated rings. The van der Waals surface area contributed by atoms with Crippen LogP contribution in [0, 0.1) is 35.5 Å². The maximum absolute atomic E-state index is 7.77. The molecule has 0 radical (unpaired) electrons. The Morgan fingerprint density at radius 2 is 0.573 bits per heavy atom. The molecule has 20 rings (SSSR count). The Labute approximate surface area is 666 Å². The second-order valence-electron chi connectivity index (χ2n) is 41.8. The Morgan fingerprint density at radius 3 is 0.909 bits per heavy atom. The van der Waals surface area contributed by atoms with Crippen LogP contribution in [0.15, 0.2) is 218 Å². The average molecular weight is 1470 g/mol. The number of nitrogens with zero attached hydrogens (tertiary/aromatic N) is 4. The minimum Gasteiger partial charge on any atom is -0.311 e. The maximum atomic E-state index is 7.77. The molecule has 2 aliphatic heterocycles. The summed E-state index contributed by atoms with van der Waals surface area (Å²) < 4.78 is 0. The van der Waals surface area contributed by atoms with Crippen molar-refractivity contribution in [1.82, 2.24) is 0 Å². The number of anilines is 12. The number of halogens is 1. The highest BCUT2D eigenvalue weighted by Crippen LogP contribution is 2.63. The Morgan fingerprint density at radius 1 is 0.300 bits per heavy atom. The number of benzene rings is 10. The van der Waals surface area contributed by atoms with Crippen molar-refractivity contribution in [1.29, 1.82) is 0 Å². The van der Waals surface area contributed by atoms with E-state index >= 15 is 0 Å². The number of fused-ring (bicyclic) bond motifs is 4. The van der Waals surface area contributed by atoms with Crippen LogP contribution in [0.25, 0.3) is 0 Å². The van der Waals surface area contributed by atoms with Crippen LogP contribution in [-0.2, 0) is 43.3 Å². The van der Waals surface area contributed by atoms with Gasteiger partial charge in [-0.2, -0.15) is 0 Å². The number of rotatable bonds is 10. The third-order valence-corrected chi connectivity index (χ3v) is 28.1. The third-order valence-electron chi connectivity index (χ3n) is 27.7. The van der Waals surface area contributed by atoms with E-state index in [1.807, 2.05) is 0 Å². The lowest BCUT2D eigenvalue weighted by Gasteiger charge is -2.57. The van der Waals surface area contributed by atoms with Gasteiger partial charge in [-0.05, 0) is 326 Å². The van der Waals surface area contributed by atoms with Crippen molar-refractivity contribution in [3.8, 4) is 0 Å². The molecule has 8 saturated carbocycles. The van der Waals surface area contributed by atoms with Crippen molar-refractivity contribution in [3.63, 3.8) is 0 Å². The summed E-state index contributed by atoms with van der Waals surface area (Å²) in [4.78, 5) is 9.85. The van der Waals surface area contributed by atoms with E-state index < -0.39 is 0 Å². The first kappa shape index (κ1) is 74.5. The predicted octanol–water partition coefficient (Wildman–Crippen LogP) is 27.8. The largest absolute Gasteiger partial charge is 0.311 e. The summed E-state index contributed by atoms with van der Waals surface area (Å²) in [6.45, 7) is 41.5. The SMILES string of the molecule is CC(C)(C)c1ccc(N(c2ccc(C(C)(C)C)cc2)c2cccc(N(c3ccc(C(C)(C)C)cc3)c3ccc(C45CC6CC(CC(C6)C4)C5)cc3)c2Cl)cc1.CC(C)(C)c1ccc(N2c3ccc(C(C)(C)C)cc3B3c4cc(C56CC7CC(CC(C7)C5)C6)ccc4N(c4ccc(C(C)(C)C)cc4)c4cccc2c43)cc1. The molecule has 0 unspecified atom stereocenters.